The zero-order chi connectivity index (χ0) is 8.48. The maximum absolute atomic E-state index is 12.7. The van der Waals surface area contributed by atoms with Gasteiger partial charge in [0.2, 0.25) is 0 Å². The summed E-state index contributed by atoms with van der Waals surface area (Å²) < 4.78 is 25.4. The number of hydrogen-bond donors (Lipinski definition) is 1. The molecular formula is C7H14F2N2. The molecule has 1 N–H and O–H groups in total. The summed E-state index contributed by atoms with van der Waals surface area (Å²) in [6.45, 7) is 2.91. The first kappa shape index (κ1) is 8.87. The molecule has 4 heteroatoms. The lowest BCUT2D eigenvalue weighted by Crippen LogP contribution is -2.56. The van der Waals surface area contributed by atoms with Gasteiger partial charge < -0.3 is 10.2 Å². The lowest BCUT2D eigenvalue weighted by molar-refractivity contribution is -0.0359. The van der Waals surface area contributed by atoms with E-state index in [9.17, 15) is 8.78 Å². The number of alkyl halides is 2. The minimum absolute atomic E-state index is 0.434. The normalized spacial score (nSPS) is 28.9. The van der Waals surface area contributed by atoms with Crippen molar-refractivity contribution in [3.63, 3.8) is 0 Å². The highest BCUT2D eigenvalue weighted by Gasteiger charge is 2.35. The van der Waals surface area contributed by atoms with Crippen LogP contribution < -0.4 is 5.32 Å². The Hall–Kier alpha value is -0.220. The van der Waals surface area contributed by atoms with Crippen LogP contribution in [-0.4, -0.2) is 43.5 Å². The zero-order valence-corrected chi connectivity index (χ0v) is 6.90. The molecule has 0 aromatic carbocycles. The van der Waals surface area contributed by atoms with Crippen LogP contribution in [0.1, 0.15) is 6.92 Å². The van der Waals surface area contributed by atoms with Crippen LogP contribution in [-0.2, 0) is 0 Å². The molecule has 1 atom stereocenters. The SMILES string of the molecule is CN1CCNC(C(C)(F)F)C1. The summed E-state index contributed by atoms with van der Waals surface area (Å²) in [6, 6.07) is -0.679. The van der Waals surface area contributed by atoms with Gasteiger partial charge in [0.15, 0.2) is 0 Å². The van der Waals surface area contributed by atoms with Crippen molar-refractivity contribution >= 4 is 0 Å². The first-order valence-corrected chi connectivity index (χ1v) is 3.80. The van der Waals surface area contributed by atoms with E-state index < -0.39 is 12.0 Å². The fraction of sp³-hybridized carbons (Fsp3) is 1.00. The van der Waals surface area contributed by atoms with E-state index >= 15 is 0 Å². The predicted molar refractivity (Wildman–Crippen MR) is 39.9 cm³/mol. The largest absolute Gasteiger partial charge is 0.306 e. The minimum atomic E-state index is -2.60. The molecule has 1 saturated heterocycles. The van der Waals surface area contributed by atoms with Crippen LogP contribution in [0.3, 0.4) is 0 Å². The molecule has 1 heterocycles. The van der Waals surface area contributed by atoms with Crippen molar-refractivity contribution in [2.24, 2.45) is 0 Å². The fourth-order valence-electron chi connectivity index (χ4n) is 1.24. The number of rotatable bonds is 1. The van der Waals surface area contributed by atoms with Gasteiger partial charge in [-0.05, 0) is 7.05 Å². The molecule has 1 rings (SSSR count). The topological polar surface area (TPSA) is 15.3 Å². The van der Waals surface area contributed by atoms with Crippen LogP contribution in [0.15, 0.2) is 0 Å². The van der Waals surface area contributed by atoms with Crippen LogP contribution in [0.25, 0.3) is 0 Å². The van der Waals surface area contributed by atoms with E-state index in [1.165, 1.54) is 0 Å². The highest BCUT2D eigenvalue weighted by Crippen LogP contribution is 2.19. The first-order valence-electron chi connectivity index (χ1n) is 3.80. The second-order valence-corrected chi connectivity index (χ2v) is 3.23. The number of nitrogens with one attached hydrogen (secondary N) is 1. The monoisotopic (exact) mass is 164 g/mol. The van der Waals surface area contributed by atoms with Gasteiger partial charge in [-0.1, -0.05) is 0 Å². The summed E-state index contributed by atoms with van der Waals surface area (Å²) in [5.41, 5.74) is 0. The van der Waals surface area contributed by atoms with Gasteiger partial charge in [-0.3, -0.25) is 0 Å². The Morgan fingerprint density at radius 1 is 1.55 bits per heavy atom. The van der Waals surface area contributed by atoms with Gasteiger partial charge in [-0.25, -0.2) is 8.78 Å². The summed E-state index contributed by atoms with van der Waals surface area (Å²) in [5.74, 6) is -2.60. The van der Waals surface area contributed by atoms with E-state index in [1.54, 1.807) is 0 Å². The lowest BCUT2D eigenvalue weighted by atomic mass is 10.1. The average Bonchev–Trinajstić information content (AvgIpc) is 1.86. The van der Waals surface area contributed by atoms with E-state index in [0.717, 1.165) is 13.5 Å². The zero-order valence-electron chi connectivity index (χ0n) is 6.90. The van der Waals surface area contributed by atoms with Gasteiger partial charge in [-0.2, -0.15) is 0 Å². The van der Waals surface area contributed by atoms with E-state index in [4.69, 9.17) is 0 Å². The van der Waals surface area contributed by atoms with Crippen molar-refractivity contribution in [2.45, 2.75) is 18.9 Å². The number of piperazine rings is 1. The van der Waals surface area contributed by atoms with Gasteiger partial charge in [-0.15, -0.1) is 0 Å². The number of likely N-dealkylation sites (N-methyl/N-ethyl adjacent to an activating group) is 1. The smallest absolute Gasteiger partial charge is 0.261 e. The van der Waals surface area contributed by atoms with Gasteiger partial charge in [0.1, 0.15) is 0 Å². The van der Waals surface area contributed by atoms with E-state index in [2.05, 4.69) is 5.32 Å². The number of nitrogens with zero attached hydrogens (tertiary/aromatic N) is 1. The van der Waals surface area contributed by atoms with Crippen LogP contribution >= 0.6 is 0 Å². The number of halogens is 2. The standard InChI is InChI=1S/C7H14F2N2/c1-7(8,9)6-5-11(2)4-3-10-6/h6,10H,3-5H2,1-2H3. The third-order valence-electron chi connectivity index (χ3n) is 1.99. The highest BCUT2D eigenvalue weighted by atomic mass is 19.3. The molecule has 66 valence electrons. The molecule has 0 aromatic rings. The van der Waals surface area contributed by atoms with Crippen LogP contribution in [0, 0.1) is 0 Å². The Labute approximate surface area is 65.6 Å². The highest BCUT2D eigenvalue weighted by molar-refractivity contribution is 4.85. The van der Waals surface area contributed by atoms with Crippen molar-refractivity contribution in [1.29, 1.82) is 0 Å². The van der Waals surface area contributed by atoms with E-state index in [1.807, 2.05) is 11.9 Å². The molecule has 2 nitrogen and oxygen atoms in total. The van der Waals surface area contributed by atoms with Crippen molar-refractivity contribution in [2.75, 3.05) is 26.7 Å². The lowest BCUT2D eigenvalue weighted by Gasteiger charge is -2.34. The molecular weight excluding hydrogens is 150 g/mol. The second kappa shape index (κ2) is 3.03. The molecule has 11 heavy (non-hydrogen) atoms. The fourth-order valence-corrected chi connectivity index (χ4v) is 1.24. The van der Waals surface area contributed by atoms with Gasteiger partial charge in [0.05, 0.1) is 6.04 Å². The summed E-state index contributed by atoms with van der Waals surface area (Å²) in [6.07, 6.45) is 0. The summed E-state index contributed by atoms with van der Waals surface area (Å²) in [5, 5.41) is 2.80. The first-order chi connectivity index (χ1) is 5.00. The molecule has 0 amide bonds. The average molecular weight is 164 g/mol. The van der Waals surface area contributed by atoms with Crippen molar-refractivity contribution in [3.05, 3.63) is 0 Å². The molecule has 0 radical (unpaired) electrons. The molecule has 1 fully saturated rings. The third kappa shape index (κ3) is 2.38. The molecule has 0 spiro atoms. The van der Waals surface area contributed by atoms with Gasteiger partial charge >= 0.3 is 0 Å². The van der Waals surface area contributed by atoms with Crippen molar-refractivity contribution in [3.8, 4) is 0 Å². The molecule has 1 unspecified atom stereocenters. The Morgan fingerprint density at radius 3 is 2.55 bits per heavy atom. The Kier molecular flexibility index (Phi) is 2.44. The Morgan fingerprint density at radius 2 is 2.18 bits per heavy atom. The number of hydrogen-bond acceptors (Lipinski definition) is 2. The third-order valence-corrected chi connectivity index (χ3v) is 1.99. The second-order valence-electron chi connectivity index (χ2n) is 3.23. The van der Waals surface area contributed by atoms with Gasteiger partial charge in [0, 0.05) is 26.6 Å². The summed E-state index contributed by atoms with van der Waals surface area (Å²) >= 11 is 0. The van der Waals surface area contributed by atoms with Gasteiger partial charge in [0.25, 0.3) is 5.92 Å². The van der Waals surface area contributed by atoms with Crippen LogP contribution in [0.5, 0.6) is 0 Å². The van der Waals surface area contributed by atoms with Crippen molar-refractivity contribution in [1.82, 2.24) is 10.2 Å². The molecule has 0 aliphatic carbocycles. The molecule has 0 saturated carbocycles. The van der Waals surface area contributed by atoms with E-state index in [0.29, 0.717) is 13.1 Å². The van der Waals surface area contributed by atoms with Crippen molar-refractivity contribution < 1.29 is 8.78 Å². The summed E-state index contributed by atoms with van der Waals surface area (Å²) in [7, 11) is 1.86. The molecule has 0 bridgehead atoms. The molecule has 1 aliphatic heterocycles. The Balaban J connectivity index is 2.46. The summed E-state index contributed by atoms with van der Waals surface area (Å²) in [4.78, 5) is 1.92. The van der Waals surface area contributed by atoms with Crippen LogP contribution in [0.2, 0.25) is 0 Å². The maximum atomic E-state index is 12.7. The molecule has 1 aliphatic rings. The quantitative estimate of drug-likeness (QED) is 0.608. The predicted octanol–water partition coefficient (Wildman–Crippen LogP) is 0.545. The Bertz CT molecular complexity index is 133. The molecule has 0 aromatic heterocycles. The van der Waals surface area contributed by atoms with E-state index in [-0.39, 0.29) is 0 Å². The maximum Gasteiger partial charge on any atom is 0.261 e. The minimum Gasteiger partial charge on any atom is -0.306 e. The van der Waals surface area contributed by atoms with Crippen LogP contribution in [0.4, 0.5) is 8.78 Å².